The van der Waals surface area contributed by atoms with Crippen LogP contribution in [0, 0.1) is 12.8 Å². The predicted octanol–water partition coefficient (Wildman–Crippen LogP) is 6.40. The van der Waals surface area contributed by atoms with Crippen LogP contribution in [0.3, 0.4) is 0 Å². The van der Waals surface area contributed by atoms with Gasteiger partial charge in [-0.15, -0.1) is 0 Å². The number of likely N-dealkylation sites (tertiary alicyclic amines) is 1. The van der Waals surface area contributed by atoms with Crippen LogP contribution in [-0.4, -0.2) is 53.7 Å². The molecule has 2 aromatic rings. The summed E-state index contributed by atoms with van der Waals surface area (Å²) < 4.78 is 11.2. The number of benzene rings is 1. The quantitative estimate of drug-likeness (QED) is 0.424. The fraction of sp³-hybridized carbons (Fsp3) is 0.484. The van der Waals surface area contributed by atoms with Crippen molar-refractivity contribution in [2.75, 3.05) is 26.8 Å². The Labute approximate surface area is 230 Å². The van der Waals surface area contributed by atoms with Crippen LogP contribution < -0.4 is 0 Å². The lowest BCUT2D eigenvalue weighted by Gasteiger charge is -2.31. The summed E-state index contributed by atoms with van der Waals surface area (Å²) in [5.41, 5.74) is 9.29. The molecule has 0 aliphatic carbocycles. The summed E-state index contributed by atoms with van der Waals surface area (Å²) >= 11 is 6.56. The third kappa shape index (κ3) is 4.67. The van der Waals surface area contributed by atoms with Crippen LogP contribution in [-0.2, 0) is 27.4 Å². The molecule has 1 aromatic carbocycles. The molecule has 6 rings (SSSR count). The number of cyclic esters (lactones) is 1. The lowest BCUT2D eigenvalue weighted by Crippen LogP contribution is -2.32. The molecule has 6 nitrogen and oxygen atoms in total. The molecule has 0 saturated carbocycles. The normalized spacial score (nSPS) is 21.8. The van der Waals surface area contributed by atoms with Gasteiger partial charge in [-0.3, -0.25) is 9.69 Å². The van der Waals surface area contributed by atoms with Crippen molar-refractivity contribution in [1.82, 2.24) is 14.8 Å². The molecule has 0 spiro atoms. The molecular formula is C31H38ClN3O3. The third-order valence-electron chi connectivity index (χ3n) is 8.27. The van der Waals surface area contributed by atoms with Crippen LogP contribution in [0.5, 0.6) is 0 Å². The maximum Gasteiger partial charge on any atom is 0.309 e. The second-order valence-electron chi connectivity index (χ2n) is 10.6. The Kier molecular flexibility index (Phi) is 7.67. The standard InChI is InChI=1S/C29H32ClN3O3.C2H6/c1-16-5-7-32(8-6-16)13-21-19-9-17(2)24(30)11-25(19)31-29-22(21)14-33-18(3)23-15-36-28(34)12-27(35-4)20(23)10-26(29)33;1-2/h9-11,16,27H,3,5-8,12-15H2,1-2,4H3;1-2H3. The Morgan fingerprint density at radius 2 is 1.97 bits per heavy atom. The van der Waals surface area contributed by atoms with Gasteiger partial charge in [-0.2, -0.15) is 0 Å². The highest BCUT2D eigenvalue weighted by Crippen LogP contribution is 2.46. The zero-order valence-corrected chi connectivity index (χ0v) is 24.0. The number of aryl methyl sites for hydroxylation is 1. The highest BCUT2D eigenvalue weighted by Gasteiger charge is 2.38. The van der Waals surface area contributed by atoms with Crippen molar-refractivity contribution in [3.8, 4) is 0 Å². The molecule has 38 heavy (non-hydrogen) atoms. The number of carbonyl (C=O) groups is 1. The molecule has 1 aromatic heterocycles. The lowest BCUT2D eigenvalue weighted by atomic mass is 9.94. The first kappa shape index (κ1) is 26.9. The fourth-order valence-electron chi connectivity index (χ4n) is 5.96. The molecular weight excluding hydrogens is 498 g/mol. The molecule has 0 amide bonds. The fourth-order valence-corrected chi connectivity index (χ4v) is 6.12. The predicted molar refractivity (Wildman–Crippen MR) is 153 cm³/mol. The van der Waals surface area contributed by atoms with Crippen molar-refractivity contribution in [1.29, 1.82) is 0 Å². The number of nitrogens with zero attached hydrogens (tertiary/aromatic N) is 3. The number of fused-ring (bicyclic) bond motifs is 4. The molecule has 4 aliphatic heterocycles. The summed E-state index contributed by atoms with van der Waals surface area (Å²) in [6.45, 7) is 16.9. The maximum atomic E-state index is 12.2. The average Bonchev–Trinajstić information content (AvgIpc) is 3.19. The van der Waals surface area contributed by atoms with E-state index in [0.717, 1.165) is 69.9 Å². The van der Waals surface area contributed by atoms with Crippen LogP contribution >= 0.6 is 11.6 Å². The number of piperidine rings is 1. The lowest BCUT2D eigenvalue weighted by molar-refractivity contribution is -0.144. The van der Waals surface area contributed by atoms with E-state index in [1.165, 1.54) is 29.4 Å². The van der Waals surface area contributed by atoms with Gasteiger partial charge < -0.3 is 14.4 Å². The van der Waals surface area contributed by atoms with E-state index in [1.54, 1.807) is 7.11 Å². The summed E-state index contributed by atoms with van der Waals surface area (Å²) in [5, 5.41) is 1.91. The first-order valence-electron chi connectivity index (χ1n) is 13.8. The third-order valence-corrected chi connectivity index (χ3v) is 8.68. The highest BCUT2D eigenvalue weighted by atomic mass is 35.5. The molecule has 202 valence electrons. The highest BCUT2D eigenvalue weighted by molar-refractivity contribution is 6.32. The van der Waals surface area contributed by atoms with E-state index in [0.29, 0.717) is 6.54 Å². The molecule has 0 N–H and O–H groups in total. The summed E-state index contributed by atoms with van der Waals surface area (Å²) in [5.74, 6) is 0.532. The van der Waals surface area contributed by atoms with Crippen LogP contribution in [0.15, 0.2) is 41.6 Å². The number of carbonyl (C=O) groups excluding carboxylic acids is 1. The number of rotatable bonds is 3. The smallest absolute Gasteiger partial charge is 0.309 e. The van der Waals surface area contributed by atoms with E-state index in [4.69, 9.17) is 26.1 Å². The van der Waals surface area contributed by atoms with Gasteiger partial charge in [0.2, 0.25) is 0 Å². The van der Waals surface area contributed by atoms with E-state index in [2.05, 4.69) is 42.4 Å². The van der Waals surface area contributed by atoms with E-state index in [9.17, 15) is 4.79 Å². The molecule has 0 bridgehead atoms. The van der Waals surface area contributed by atoms with Crippen LogP contribution in [0.2, 0.25) is 5.02 Å². The zero-order chi connectivity index (χ0) is 27.1. The number of halogens is 1. The molecule has 1 unspecified atom stereocenters. The summed E-state index contributed by atoms with van der Waals surface area (Å²) in [6, 6.07) is 4.19. The van der Waals surface area contributed by atoms with E-state index < -0.39 is 0 Å². The minimum absolute atomic E-state index is 0.192. The monoisotopic (exact) mass is 535 g/mol. The van der Waals surface area contributed by atoms with Crippen LogP contribution in [0.4, 0.5) is 0 Å². The number of methoxy groups -OCH3 is 1. The Morgan fingerprint density at radius 1 is 1.24 bits per heavy atom. The number of esters is 1. The van der Waals surface area contributed by atoms with Gasteiger partial charge in [0, 0.05) is 40.9 Å². The molecule has 7 heteroatoms. The van der Waals surface area contributed by atoms with Gasteiger partial charge in [-0.05, 0) is 73.7 Å². The molecule has 4 aliphatic rings. The average molecular weight is 536 g/mol. The topological polar surface area (TPSA) is 54.9 Å². The first-order chi connectivity index (χ1) is 18.3. The molecule has 1 saturated heterocycles. The molecule has 1 atom stereocenters. The van der Waals surface area contributed by atoms with Crippen LogP contribution in [0.1, 0.15) is 62.4 Å². The number of hydrogen-bond acceptors (Lipinski definition) is 6. The van der Waals surface area contributed by atoms with E-state index in [1.807, 2.05) is 19.9 Å². The largest absolute Gasteiger partial charge is 0.461 e. The van der Waals surface area contributed by atoms with Gasteiger partial charge in [-0.1, -0.05) is 39.0 Å². The second-order valence-corrected chi connectivity index (χ2v) is 11.0. The Bertz CT molecular complexity index is 1350. The summed E-state index contributed by atoms with van der Waals surface area (Å²) in [7, 11) is 1.64. The maximum absolute atomic E-state index is 12.2. The van der Waals surface area contributed by atoms with Gasteiger partial charge in [-0.25, -0.2) is 4.98 Å². The summed E-state index contributed by atoms with van der Waals surface area (Å²) in [6.07, 6.45) is 4.43. The number of aromatic nitrogens is 1. The number of hydrogen-bond donors (Lipinski definition) is 0. The van der Waals surface area contributed by atoms with Gasteiger partial charge in [0.25, 0.3) is 0 Å². The van der Waals surface area contributed by atoms with Gasteiger partial charge in [0.1, 0.15) is 6.61 Å². The van der Waals surface area contributed by atoms with Crippen molar-refractivity contribution in [3.63, 3.8) is 0 Å². The SMILES string of the molecule is C=C1C2=C(C=C3c4nc5cc(Cl)c(C)cc5c(CN5CCC(C)CC5)c4CN13)C(OC)CC(=O)OC2.CC. The Morgan fingerprint density at radius 3 is 2.68 bits per heavy atom. The first-order valence-corrected chi connectivity index (χ1v) is 14.2. The van der Waals surface area contributed by atoms with Gasteiger partial charge in [0.05, 0.1) is 36.0 Å². The molecule has 5 heterocycles. The van der Waals surface area contributed by atoms with Crippen molar-refractivity contribution < 1.29 is 14.3 Å². The zero-order valence-electron chi connectivity index (χ0n) is 23.2. The Balaban J connectivity index is 0.00000144. The minimum atomic E-state index is -0.363. The minimum Gasteiger partial charge on any atom is -0.461 e. The van der Waals surface area contributed by atoms with E-state index in [-0.39, 0.29) is 25.1 Å². The van der Waals surface area contributed by atoms with Crippen molar-refractivity contribution in [2.24, 2.45) is 5.92 Å². The molecule has 0 radical (unpaired) electrons. The summed E-state index contributed by atoms with van der Waals surface area (Å²) in [4.78, 5) is 22.1. The van der Waals surface area contributed by atoms with Crippen molar-refractivity contribution in [2.45, 2.75) is 66.2 Å². The van der Waals surface area contributed by atoms with Gasteiger partial charge >= 0.3 is 5.97 Å². The number of pyridine rings is 1. The van der Waals surface area contributed by atoms with Crippen LogP contribution in [0.25, 0.3) is 16.6 Å². The second kappa shape index (κ2) is 10.8. The number of ether oxygens (including phenoxy) is 2. The van der Waals surface area contributed by atoms with Crippen molar-refractivity contribution >= 4 is 34.2 Å². The Hall–Kier alpha value is -2.67. The van der Waals surface area contributed by atoms with E-state index >= 15 is 0 Å². The van der Waals surface area contributed by atoms with Crippen molar-refractivity contribution in [3.05, 3.63) is 69.0 Å². The molecule has 1 fully saturated rings. The van der Waals surface area contributed by atoms with Gasteiger partial charge in [0.15, 0.2) is 0 Å².